The molecule has 154 valence electrons. The zero-order valence-electron chi connectivity index (χ0n) is 15.7. The first-order chi connectivity index (χ1) is 13.1. The highest BCUT2D eigenvalue weighted by Gasteiger charge is 2.40. The maximum absolute atomic E-state index is 12.5. The molecule has 2 aliphatic rings. The maximum atomic E-state index is 12.5. The first-order valence-electron chi connectivity index (χ1n) is 9.08. The van der Waals surface area contributed by atoms with E-state index in [0.29, 0.717) is 0 Å². The predicted molar refractivity (Wildman–Crippen MR) is 106 cm³/mol. The number of Topliss-reactive ketones (excluding diaryl/α,β-unsaturated/α-hetero) is 1. The average molecular weight is 430 g/mol. The molecule has 1 atom stereocenters. The number of nitrogens with zero attached hydrogens (tertiary/aromatic N) is 1. The molecule has 0 amide bonds. The van der Waals surface area contributed by atoms with Crippen molar-refractivity contribution in [2.45, 2.75) is 49.1 Å². The number of phenolic OH excluding ortho intramolecular Hbond substituents is 1. The predicted octanol–water partition coefficient (Wildman–Crippen LogP) is 1.79. The Hall–Kier alpha value is -1.81. The van der Waals surface area contributed by atoms with Crippen molar-refractivity contribution in [1.82, 2.24) is 9.62 Å². The molecule has 8 nitrogen and oxygen atoms in total. The number of benzene rings is 1. The van der Waals surface area contributed by atoms with Crippen molar-refractivity contribution in [3.63, 3.8) is 0 Å². The van der Waals surface area contributed by atoms with Crippen molar-refractivity contribution >= 4 is 33.1 Å². The molecule has 1 fully saturated rings. The summed E-state index contributed by atoms with van der Waals surface area (Å²) in [7, 11) is -1.34. The fraction of sp³-hybridized carbons (Fsp3) is 0.500. The van der Waals surface area contributed by atoms with E-state index in [4.69, 9.17) is 11.6 Å². The van der Waals surface area contributed by atoms with Gasteiger partial charge in [-0.15, -0.1) is 0 Å². The van der Waals surface area contributed by atoms with Crippen LogP contribution in [0.5, 0.6) is 5.75 Å². The van der Waals surface area contributed by atoms with E-state index in [-0.39, 0.29) is 28.1 Å². The third-order valence-electron chi connectivity index (χ3n) is 5.08. The highest BCUT2D eigenvalue weighted by Crippen LogP contribution is 2.39. The van der Waals surface area contributed by atoms with E-state index < -0.39 is 32.6 Å². The van der Waals surface area contributed by atoms with Gasteiger partial charge in [0, 0.05) is 20.1 Å². The molecule has 4 N–H and O–H groups in total. The minimum Gasteiger partial charge on any atom is -0.504 e. The smallest absolute Gasteiger partial charge is 0.247 e. The summed E-state index contributed by atoms with van der Waals surface area (Å²) < 4.78 is 25.9. The van der Waals surface area contributed by atoms with Crippen LogP contribution in [0.2, 0.25) is 5.02 Å². The Balaban J connectivity index is 1.93. The van der Waals surface area contributed by atoms with Gasteiger partial charge in [0.25, 0.3) is 0 Å². The van der Waals surface area contributed by atoms with Crippen LogP contribution < -0.4 is 10.6 Å². The van der Waals surface area contributed by atoms with Gasteiger partial charge in [0.15, 0.2) is 11.9 Å². The minimum atomic E-state index is -4.00. The van der Waals surface area contributed by atoms with E-state index in [1.54, 1.807) is 0 Å². The largest absolute Gasteiger partial charge is 0.504 e. The molecule has 0 aromatic heterocycles. The van der Waals surface area contributed by atoms with Gasteiger partial charge in [-0.1, -0.05) is 30.9 Å². The van der Waals surface area contributed by atoms with Crippen LogP contribution in [0.3, 0.4) is 0 Å². The van der Waals surface area contributed by atoms with Crippen molar-refractivity contribution in [3.8, 4) is 5.75 Å². The molecule has 10 heteroatoms. The molecule has 0 bridgehead atoms. The van der Waals surface area contributed by atoms with Gasteiger partial charge in [0.05, 0.1) is 16.4 Å². The maximum Gasteiger partial charge on any atom is 0.247 e. The van der Waals surface area contributed by atoms with Crippen molar-refractivity contribution in [2.24, 2.45) is 0 Å². The molecule has 0 aliphatic heterocycles. The monoisotopic (exact) mass is 429 g/mol. The number of aromatic hydroxyl groups is 1. The van der Waals surface area contributed by atoms with Crippen LogP contribution in [0.15, 0.2) is 28.4 Å². The van der Waals surface area contributed by atoms with E-state index in [1.807, 2.05) is 0 Å². The molecule has 0 saturated heterocycles. The molecule has 3 rings (SSSR count). The number of hydrogen-bond donors (Lipinski definition) is 4. The Morgan fingerprint density at radius 1 is 1.18 bits per heavy atom. The van der Waals surface area contributed by atoms with E-state index >= 15 is 0 Å². The summed E-state index contributed by atoms with van der Waals surface area (Å²) in [4.78, 5) is 11.7. The van der Waals surface area contributed by atoms with Crippen LogP contribution in [-0.4, -0.2) is 55.0 Å². The van der Waals surface area contributed by atoms with Crippen molar-refractivity contribution in [2.75, 3.05) is 19.4 Å². The number of nitrogens with one attached hydrogen (secondary N) is 2. The number of hydrogen-bond acceptors (Lipinski definition) is 7. The summed E-state index contributed by atoms with van der Waals surface area (Å²) >= 11 is 6.00. The van der Waals surface area contributed by atoms with Gasteiger partial charge in [0.1, 0.15) is 10.6 Å². The van der Waals surface area contributed by atoms with Crippen LogP contribution in [0.1, 0.15) is 32.1 Å². The quantitative estimate of drug-likeness (QED) is 0.509. The van der Waals surface area contributed by atoms with Gasteiger partial charge in [-0.25, -0.2) is 12.7 Å². The minimum absolute atomic E-state index is 0.0364. The van der Waals surface area contributed by atoms with Crippen LogP contribution in [0, 0.1) is 0 Å². The third kappa shape index (κ3) is 3.71. The number of aliphatic hydroxyl groups is 1. The zero-order chi connectivity index (χ0) is 20.6. The summed E-state index contributed by atoms with van der Waals surface area (Å²) in [6.45, 7) is 0. The van der Waals surface area contributed by atoms with E-state index in [0.717, 1.165) is 30.0 Å². The molecule has 0 radical (unpaired) electrons. The Morgan fingerprint density at radius 2 is 1.82 bits per heavy atom. The first-order valence-corrected chi connectivity index (χ1v) is 10.9. The second kappa shape index (κ2) is 7.90. The number of aliphatic hydroxyl groups excluding tert-OH is 1. The molecule has 0 heterocycles. The third-order valence-corrected chi connectivity index (χ3v) is 7.40. The zero-order valence-corrected chi connectivity index (χ0v) is 17.3. The molecule has 2 aliphatic carbocycles. The summed E-state index contributed by atoms with van der Waals surface area (Å²) in [6.07, 6.45) is 3.85. The number of ketones is 1. The number of carbonyl (C=O) groups is 1. The molecule has 1 unspecified atom stereocenters. The van der Waals surface area contributed by atoms with Gasteiger partial charge in [-0.05, 0) is 25.0 Å². The lowest BCUT2D eigenvalue weighted by Crippen LogP contribution is -2.48. The number of carbonyl (C=O) groups excluding carboxylic acids is 1. The van der Waals surface area contributed by atoms with Gasteiger partial charge in [-0.2, -0.15) is 0 Å². The van der Waals surface area contributed by atoms with Gasteiger partial charge in [-0.3, -0.25) is 4.79 Å². The molecule has 1 aromatic rings. The topological polar surface area (TPSA) is 119 Å². The average Bonchev–Trinajstić information content (AvgIpc) is 2.66. The number of halogens is 1. The number of rotatable bonds is 6. The second-order valence-electron chi connectivity index (χ2n) is 7.22. The highest BCUT2D eigenvalue weighted by atomic mass is 35.5. The SMILES string of the molecule is CN(C)S(=O)(=O)c1c(Cl)ccc(NC2=C(NC3CCCCC3)C(=O)C2O)c1O. The molecule has 1 aromatic carbocycles. The van der Waals surface area contributed by atoms with Crippen LogP contribution >= 0.6 is 11.6 Å². The lowest BCUT2D eigenvalue weighted by Gasteiger charge is -2.34. The number of phenols is 1. The van der Waals surface area contributed by atoms with Crippen LogP contribution in [0.4, 0.5) is 5.69 Å². The summed E-state index contributed by atoms with van der Waals surface area (Å²) in [5, 5.41) is 26.4. The molecule has 0 spiro atoms. The molecular weight excluding hydrogens is 406 g/mol. The van der Waals surface area contributed by atoms with Gasteiger partial charge >= 0.3 is 0 Å². The number of sulfonamides is 1. The molecular formula is C18H24ClN3O5S. The molecule has 1 saturated carbocycles. The fourth-order valence-corrected chi connectivity index (χ4v) is 4.89. The second-order valence-corrected chi connectivity index (χ2v) is 9.72. The summed E-state index contributed by atoms with van der Waals surface area (Å²) in [6, 6.07) is 2.88. The highest BCUT2D eigenvalue weighted by molar-refractivity contribution is 7.89. The van der Waals surface area contributed by atoms with Crippen molar-refractivity contribution < 1.29 is 23.4 Å². The Bertz CT molecular complexity index is 923. The van der Waals surface area contributed by atoms with E-state index in [2.05, 4.69) is 10.6 Å². The lowest BCUT2D eigenvalue weighted by molar-refractivity contribution is -0.125. The standard InChI is InChI=1S/C18H24ClN3O5S/c1-22(2)28(26,27)18-11(19)8-9-12(15(18)23)21-14-13(16(24)17(14)25)20-10-6-4-3-5-7-10/h8-10,17,20-21,23,25H,3-7H2,1-2H3. The van der Waals surface area contributed by atoms with E-state index in [9.17, 15) is 23.4 Å². The van der Waals surface area contributed by atoms with Gasteiger partial charge in [0.2, 0.25) is 15.8 Å². The van der Waals surface area contributed by atoms with Crippen molar-refractivity contribution in [3.05, 3.63) is 28.5 Å². The van der Waals surface area contributed by atoms with Crippen molar-refractivity contribution in [1.29, 1.82) is 0 Å². The summed E-state index contributed by atoms with van der Waals surface area (Å²) in [5.41, 5.74) is 0.515. The fourth-order valence-electron chi connectivity index (χ4n) is 3.41. The van der Waals surface area contributed by atoms with Gasteiger partial charge < -0.3 is 20.8 Å². The normalized spacial score (nSPS) is 21.0. The Kier molecular flexibility index (Phi) is 5.90. The number of anilines is 1. The van der Waals surface area contributed by atoms with E-state index in [1.165, 1.54) is 32.6 Å². The Morgan fingerprint density at radius 3 is 2.43 bits per heavy atom. The van der Waals surface area contributed by atoms with Crippen LogP contribution in [-0.2, 0) is 14.8 Å². The first kappa shape index (κ1) is 20.9. The summed E-state index contributed by atoms with van der Waals surface area (Å²) in [5.74, 6) is -1.00. The molecule has 28 heavy (non-hydrogen) atoms. The lowest BCUT2D eigenvalue weighted by atomic mass is 9.90. The Labute approximate surface area is 169 Å². The van der Waals surface area contributed by atoms with Crippen LogP contribution in [0.25, 0.3) is 0 Å².